The molecular weight excluding hydrogens is 253 g/mol. The molecule has 0 radical (unpaired) electrons. The summed E-state index contributed by atoms with van der Waals surface area (Å²) < 4.78 is 18.8. The van der Waals surface area contributed by atoms with Crippen molar-refractivity contribution < 1.29 is 19.4 Å². The predicted octanol–water partition coefficient (Wildman–Crippen LogP) is 0.0171. The van der Waals surface area contributed by atoms with E-state index < -0.39 is 11.9 Å². The number of benzene rings is 1. The molecule has 1 rings (SSSR count). The van der Waals surface area contributed by atoms with Crippen molar-refractivity contribution in [2.24, 2.45) is 10.9 Å². The summed E-state index contributed by atoms with van der Waals surface area (Å²) in [4.78, 5) is 0. The van der Waals surface area contributed by atoms with E-state index in [0.717, 1.165) is 0 Å². The van der Waals surface area contributed by atoms with Crippen molar-refractivity contribution in [3.63, 3.8) is 0 Å². The molecule has 0 fully saturated rings. The van der Waals surface area contributed by atoms with Crippen molar-refractivity contribution in [3.05, 3.63) is 35.1 Å². The first kappa shape index (κ1) is 15.4. The monoisotopic (exact) mass is 271 g/mol. The Morgan fingerprint density at radius 1 is 1.58 bits per heavy atom. The number of nitrogens with one attached hydrogen (secondary N) is 1. The summed E-state index contributed by atoms with van der Waals surface area (Å²) in [5, 5.41) is 23.6. The Labute approximate surface area is 110 Å². The average Bonchev–Trinajstić information content (AvgIpc) is 2.40. The summed E-state index contributed by atoms with van der Waals surface area (Å²) in [5.74, 6) is -0.828. The first-order valence-electron chi connectivity index (χ1n) is 5.73. The first-order valence-corrected chi connectivity index (χ1v) is 5.73. The highest BCUT2D eigenvalue weighted by Crippen LogP contribution is 2.12. The molecule has 0 saturated heterocycles. The van der Waals surface area contributed by atoms with Crippen molar-refractivity contribution in [2.75, 3.05) is 20.3 Å². The van der Waals surface area contributed by atoms with Crippen molar-refractivity contribution in [1.82, 2.24) is 5.32 Å². The van der Waals surface area contributed by atoms with Gasteiger partial charge in [-0.25, -0.2) is 4.39 Å². The molecule has 5 N–H and O–H groups in total. The van der Waals surface area contributed by atoms with Gasteiger partial charge in [-0.15, -0.1) is 0 Å². The minimum Gasteiger partial charge on any atom is -0.409 e. The molecule has 0 spiro atoms. The number of rotatable bonds is 7. The van der Waals surface area contributed by atoms with Gasteiger partial charge in [0.15, 0.2) is 5.84 Å². The second-order valence-electron chi connectivity index (χ2n) is 4.00. The van der Waals surface area contributed by atoms with Gasteiger partial charge in [0, 0.05) is 25.8 Å². The number of aliphatic hydroxyl groups is 1. The molecule has 0 aliphatic rings. The number of methoxy groups -OCH3 is 1. The second kappa shape index (κ2) is 7.67. The number of aliphatic hydroxyl groups excluding tert-OH is 1. The van der Waals surface area contributed by atoms with E-state index in [1.54, 1.807) is 12.1 Å². The van der Waals surface area contributed by atoms with Gasteiger partial charge in [0.1, 0.15) is 5.82 Å². The molecule has 0 bridgehead atoms. The Kier molecular flexibility index (Phi) is 6.20. The maximum Gasteiger partial charge on any atom is 0.173 e. The van der Waals surface area contributed by atoms with Gasteiger partial charge >= 0.3 is 0 Å². The zero-order valence-corrected chi connectivity index (χ0v) is 10.6. The van der Waals surface area contributed by atoms with E-state index >= 15 is 0 Å². The molecule has 0 aliphatic heterocycles. The van der Waals surface area contributed by atoms with Gasteiger partial charge < -0.3 is 26.1 Å². The highest BCUT2D eigenvalue weighted by atomic mass is 19.1. The summed E-state index contributed by atoms with van der Waals surface area (Å²) in [6.07, 6.45) is -0.652. The lowest BCUT2D eigenvalue weighted by Gasteiger charge is -2.12. The molecule has 0 saturated carbocycles. The number of halogens is 1. The predicted molar refractivity (Wildman–Crippen MR) is 68.5 cm³/mol. The smallest absolute Gasteiger partial charge is 0.173 e. The van der Waals surface area contributed by atoms with E-state index in [2.05, 4.69) is 10.5 Å². The zero-order chi connectivity index (χ0) is 14.3. The normalized spacial score (nSPS) is 13.5. The third-order valence-corrected chi connectivity index (χ3v) is 2.52. The van der Waals surface area contributed by atoms with Crippen LogP contribution in [0.2, 0.25) is 0 Å². The topological polar surface area (TPSA) is 100 Å². The summed E-state index contributed by atoms with van der Waals surface area (Å²) in [7, 11) is 1.49. The van der Waals surface area contributed by atoms with E-state index in [4.69, 9.17) is 15.7 Å². The van der Waals surface area contributed by atoms with Crippen LogP contribution in [0, 0.1) is 5.82 Å². The standard InChI is InChI=1S/C12H18FN3O3/c1-19-7-9(17)6-15-5-8-3-2-4-10(11(8)13)12(14)16-18/h2-4,9,15,17-18H,5-7H2,1H3,(H2,14,16). The lowest BCUT2D eigenvalue weighted by atomic mass is 10.1. The van der Waals surface area contributed by atoms with Crippen LogP contribution in [0.15, 0.2) is 23.4 Å². The molecule has 1 aromatic carbocycles. The number of oxime groups is 1. The third-order valence-electron chi connectivity index (χ3n) is 2.52. The molecule has 7 heteroatoms. The SMILES string of the molecule is COCC(O)CNCc1cccc(/C(N)=N/O)c1F. The van der Waals surface area contributed by atoms with E-state index in [9.17, 15) is 9.50 Å². The zero-order valence-electron chi connectivity index (χ0n) is 10.6. The maximum absolute atomic E-state index is 14.0. The van der Waals surface area contributed by atoms with Gasteiger partial charge in [-0.1, -0.05) is 17.3 Å². The molecule has 0 aliphatic carbocycles. The quantitative estimate of drug-likeness (QED) is 0.242. The Morgan fingerprint density at radius 3 is 2.95 bits per heavy atom. The van der Waals surface area contributed by atoms with Crippen molar-refractivity contribution >= 4 is 5.84 Å². The molecule has 0 heterocycles. The molecule has 1 unspecified atom stereocenters. The van der Waals surface area contributed by atoms with Crippen molar-refractivity contribution in [3.8, 4) is 0 Å². The minimum absolute atomic E-state index is 0.0410. The van der Waals surface area contributed by atoms with E-state index in [-0.39, 0.29) is 31.1 Å². The lowest BCUT2D eigenvalue weighted by Crippen LogP contribution is -2.30. The summed E-state index contributed by atoms with van der Waals surface area (Å²) >= 11 is 0. The number of ether oxygens (including phenoxy) is 1. The lowest BCUT2D eigenvalue weighted by molar-refractivity contribution is 0.0643. The summed E-state index contributed by atoms with van der Waals surface area (Å²) in [6.45, 7) is 0.708. The van der Waals surface area contributed by atoms with Crippen LogP contribution in [-0.4, -0.2) is 42.5 Å². The largest absolute Gasteiger partial charge is 0.409 e. The number of amidine groups is 1. The summed E-state index contributed by atoms with van der Waals surface area (Å²) in [6, 6.07) is 4.62. The third kappa shape index (κ3) is 4.47. The van der Waals surface area contributed by atoms with Crippen LogP contribution in [0.25, 0.3) is 0 Å². The van der Waals surface area contributed by atoms with Crippen LogP contribution in [-0.2, 0) is 11.3 Å². The second-order valence-corrected chi connectivity index (χ2v) is 4.00. The van der Waals surface area contributed by atoms with Gasteiger partial charge in [-0.3, -0.25) is 0 Å². The Hall–Kier alpha value is -1.70. The van der Waals surface area contributed by atoms with E-state index in [0.29, 0.717) is 5.56 Å². The van der Waals surface area contributed by atoms with Crippen molar-refractivity contribution in [2.45, 2.75) is 12.6 Å². The van der Waals surface area contributed by atoms with Crippen LogP contribution in [0.5, 0.6) is 0 Å². The van der Waals surface area contributed by atoms with Gasteiger partial charge in [-0.2, -0.15) is 0 Å². The first-order chi connectivity index (χ1) is 9.10. The fourth-order valence-corrected chi connectivity index (χ4v) is 1.59. The maximum atomic E-state index is 14.0. The van der Waals surface area contributed by atoms with Crippen LogP contribution in [0.3, 0.4) is 0 Å². The fourth-order valence-electron chi connectivity index (χ4n) is 1.59. The highest BCUT2D eigenvalue weighted by Gasteiger charge is 2.11. The minimum atomic E-state index is -0.652. The number of hydrogen-bond donors (Lipinski definition) is 4. The Balaban J connectivity index is 2.64. The van der Waals surface area contributed by atoms with Crippen LogP contribution >= 0.6 is 0 Å². The molecule has 19 heavy (non-hydrogen) atoms. The number of hydrogen-bond acceptors (Lipinski definition) is 5. The van der Waals surface area contributed by atoms with E-state index in [1.165, 1.54) is 13.2 Å². The van der Waals surface area contributed by atoms with Gasteiger partial charge in [-0.05, 0) is 6.07 Å². The van der Waals surface area contributed by atoms with Gasteiger partial charge in [0.2, 0.25) is 0 Å². The van der Waals surface area contributed by atoms with Gasteiger partial charge in [0.25, 0.3) is 0 Å². The van der Waals surface area contributed by atoms with E-state index in [1.807, 2.05) is 0 Å². The Morgan fingerprint density at radius 2 is 2.32 bits per heavy atom. The Bertz CT molecular complexity index is 440. The van der Waals surface area contributed by atoms with Crippen LogP contribution in [0.1, 0.15) is 11.1 Å². The molecule has 1 atom stereocenters. The summed E-state index contributed by atoms with van der Waals surface area (Å²) in [5.41, 5.74) is 5.77. The molecular formula is C12H18FN3O3. The molecule has 6 nitrogen and oxygen atoms in total. The average molecular weight is 271 g/mol. The van der Waals surface area contributed by atoms with Crippen LogP contribution in [0.4, 0.5) is 4.39 Å². The molecule has 0 aromatic heterocycles. The van der Waals surface area contributed by atoms with Crippen LogP contribution < -0.4 is 11.1 Å². The molecule has 0 amide bonds. The van der Waals surface area contributed by atoms with Gasteiger partial charge in [0.05, 0.1) is 18.3 Å². The molecule has 1 aromatic rings. The molecule has 106 valence electrons. The number of nitrogens with two attached hydrogens (primary N) is 1. The fraction of sp³-hybridized carbons (Fsp3) is 0.417. The highest BCUT2D eigenvalue weighted by molar-refractivity contribution is 5.97. The van der Waals surface area contributed by atoms with Crippen molar-refractivity contribution in [1.29, 1.82) is 0 Å². The number of nitrogens with zero attached hydrogens (tertiary/aromatic N) is 1.